The van der Waals surface area contributed by atoms with Crippen molar-refractivity contribution in [3.05, 3.63) is 205 Å². The lowest BCUT2D eigenvalue weighted by atomic mass is 9.69. The van der Waals surface area contributed by atoms with E-state index in [2.05, 4.69) is 171 Å². The second-order valence-corrected chi connectivity index (χ2v) is 17.1. The highest BCUT2D eigenvalue weighted by Gasteiger charge is 2.36. The molecule has 2 atom stereocenters. The van der Waals surface area contributed by atoms with Crippen molar-refractivity contribution in [3.63, 3.8) is 0 Å². The number of rotatable bonds is 5. The maximum atomic E-state index is 5.13. The predicted octanol–water partition coefficient (Wildman–Crippen LogP) is 14.8. The molecule has 0 amide bonds. The summed E-state index contributed by atoms with van der Waals surface area (Å²) in [6, 6.07) is 68.1. The minimum absolute atomic E-state index is 0.204. The molecule has 0 saturated carbocycles. The van der Waals surface area contributed by atoms with Crippen molar-refractivity contribution >= 4 is 34.3 Å². The summed E-state index contributed by atoms with van der Waals surface area (Å²) >= 11 is 3.87. The van der Waals surface area contributed by atoms with Crippen LogP contribution in [0.1, 0.15) is 35.4 Å². The number of hydrogen-bond acceptors (Lipinski definition) is 4. The molecule has 2 unspecified atom stereocenters. The first-order valence-corrected chi connectivity index (χ1v) is 21.1. The van der Waals surface area contributed by atoms with Crippen molar-refractivity contribution < 1.29 is 0 Å². The molecule has 0 radical (unpaired) electrons. The average Bonchev–Trinajstić information content (AvgIpc) is 3.28. The smallest absolute Gasteiger partial charge is 0.160 e. The van der Waals surface area contributed by atoms with Crippen LogP contribution in [0, 0.1) is 0 Å². The Morgan fingerprint density at radius 3 is 1.79 bits per heavy atom. The van der Waals surface area contributed by atoms with Gasteiger partial charge in [-0.3, -0.25) is 0 Å². The van der Waals surface area contributed by atoms with Gasteiger partial charge in [0.05, 0.1) is 11.4 Å². The number of hydrogen-bond donors (Lipinski definition) is 0. The van der Waals surface area contributed by atoms with Gasteiger partial charge < -0.3 is 0 Å². The van der Waals surface area contributed by atoms with E-state index in [0.717, 1.165) is 33.9 Å². The fourth-order valence-corrected chi connectivity index (χ4v) is 11.4. The van der Waals surface area contributed by atoms with E-state index in [9.17, 15) is 0 Å². The number of aromatic nitrogens is 2. The fourth-order valence-electron chi connectivity index (χ4n) is 8.79. The first kappa shape index (κ1) is 34.1. The zero-order chi connectivity index (χ0) is 37.9. The zero-order valence-electron chi connectivity index (χ0n) is 31.3. The van der Waals surface area contributed by atoms with Crippen molar-refractivity contribution in [3.8, 4) is 56.2 Å². The maximum absolute atomic E-state index is 5.13. The second kappa shape index (κ2) is 14.1. The monoisotopic (exact) mass is 764 g/mol. The van der Waals surface area contributed by atoms with E-state index in [1.165, 1.54) is 69.3 Å². The molecule has 57 heavy (non-hydrogen) atoms. The third kappa shape index (κ3) is 6.08. The molecule has 11 rings (SSSR count). The highest BCUT2D eigenvalue weighted by atomic mass is 32.2. The topological polar surface area (TPSA) is 25.8 Å². The Kier molecular flexibility index (Phi) is 8.41. The van der Waals surface area contributed by atoms with Crippen LogP contribution in [-0.4, -0.2) is 9.97 Å². The van der Waals surface area contributed by atoms with Crippen molar-refractivity contribution in [2.75, 3.05) is 0 Å². The van der Waals surface area contributed by atoms with Crippen molar-refractivity contribution in [1.29, 1.82) is 0 Å². The lowest BCUT2D eigenvalue weighted by Gasteiger charge is -2.37. The Hall–Kier alpha value is -6.20. The van der Waals surface area contributed by atoms with Gasteiger partial charge in [0.2, 0.25) is 0 Å². The van der Waals surface area contributed by atoms with E-state index in [4.69, 9.17) is 9.97 Å². The fraction of sp³-hybridized carbons (Fsp3) is 0.0566. The summed E-state index contributed by atoms with van der Waals surface area (Å²) in [7, 11) is 0. The van der Waals surface area contributed by atoms with Gasteiger partial charge in [-0.1, -0.05) is 188 Å². The van der Waals surface area contributed by atoms with Gasteiger partial charge in [-0.05, 0) is 86.0 Å². The van der Waals surface area contributed by atoms with Gasteiger partial charge in [0.25, 0.3) is 0 Å². The van der Waals surface area contributed by atoms with Crippen LogP contribution in [0.4, 0.5) is 0 Å². The summed E-state index contributed by atoms with van der Waals surface area (Å²) in [5.74, 6) is 1.20. The quantitative estimate of drug-likeness (QED) is 0.174. The lowest BCUT2D eigenvalue weighted by molar-refractivity contribution is 0.635. The summed E-state index contributed by atoms with van der Waals surface area (Å²) in [4.78, 5) is 15.6. The van der Waals surface area contributed by atoms with Gasteiger partial charge in [0, 0.05) is 42.2 Å². The van der Waals surface area contributed by atoms with Crippen LogP contribution in [-0.2, 0) is 0 Å². The van der Waals surface area contributed by atoms with Gasteiger partial charge in [-0.2, -0.15) is 0 Å². The Morgan fingerprint density at radius 1 is 0.421 bits per heavy atom. The average molecular weight is 765 g/mol. The molecule has 9 aromatic rings. The Balaban J connectivity index is 0.987. The number of benzene rings is 8. The molecule has 2 aliphatic rings. The third-order valence-corrected chi connectivity index (χ3v) is 14.1. The summed E-state index contributed by atoms with van der Waals surface area (Å²) in [6.45, 7) is 2.44. The van der Waals surface area contributed by atoms with Gasteiger partial charge in [0.1, 0.15) is 0 Å². The lowest BCUT2D eigenvalue weighted by Crippen LogP contribution is -2.18. The van der Waals surface area contributed by atoms with Crippen LogP contribution in [0.3, 0.4) is 0 Å². The molecule has 2 heterocycles. The minimum atomic E-state index is 0.204. The SMILES string of the molecule is CC1c2c(ccc3c2Sc2cc4ccccc4cc2S3)-c2ccccc2C1c1cccc(-c2cccc(-c3cc(-c4ccccc4)nc(-c4ccccc4)n3)c2)c1. The van der Waals surface area contributed by atoms with E-state index in [-0.39, 0.29) is 11.8 Å². The van der Waals surface area contributed by atoms with E-state index in [0.29, 0.717) is 0 Å². The van der Waals surface area contributed by atoms with Crippen molar-refractivity contribution in [2.45, 2.75) is 38.3 Å². The van der Waals surface area contributed by atoms with E-state index in [1.54, 1.807) is 0 Å². The number of fused-ring (bicyclic) bond motifs is 7. The molecule has 1 aliphatic heterocycles. The molecule has 4 heteroatoms. The van der Waals surface area contributed by atoms with E-state index < -0.39 is 0 Å². The highest BCUT2D eigenvalue weighted by molar-refractivity contribution is 8.05. The maximum Gasteiger partial charge on any atom is 0.160 e. The molecule has 0 N–H and O–H groups in total. The van der Waals surface area contributed by atoms with E-state index in [1.807, 2.05) is 47.8 Å². The molecule has 0 bridgehead atoms. The third-order valence-electron chi connectivity index (χ3n) is 11.5. The summed E-state index contributed by atoms with van der Waals surface area (Å²) in [5.41, 5.74) is 14.2. The molecule has 8 aromatic carbocycles. The molecular weight excluding hydrogens is 729 g/mol. The van der Waals surface area contributed by atoms with Gasteiger partial charge in [-0.25, -0.2) is 9.97 Å². The Bertz CT molecular complexity index is 2940. The predicted molar refractivity (Wildman–Crippen MR) is 238 cm³/mol. The molecule has 1 aromatic heterocycles. The summed E-state index contributed by atoms with van der Waals surface area (Å²) in [5, 5.41) is 2.59. The number of nitrogens with zero attached hydrogens (tertiary/aromatic N) is 2. The normalized spacial score (nSPS) is 15.3. The van der Waals surface area contributed by atoms with Crippen LogP contribution in [0.15, 0.2) is 208 Å². The highest BCUT2D eigenvalue weighted by Crippen LogP contribution is 2.58. The van der Waals surface area contributed by atoms with Crippen LogP contribution >= 0.6 is 23.5 Å². The van der Waals surface area contributed by atoms with Crippen LogP contribution in [0.2, 0.25) is 0 Å². The molecule has 270 valence electrons. The van der Waals surface area contributed by atoms with Crippen molar-refractivity contribution in [2.24, 2.45) is 0 Å². The molecule has 0 fully saturated rings. The molecule has 2 nitrogen and oxygen atoms in total. The minimum Gasteiger partial charge on any atom is -0.228 e. The summed E-state index contributed by atoms with van der Waals surface area (Å²) < 4.78 is 0. The zero-order valence-corrected chi connectivity index (χ0v) is 32.9. The van der Waals surface area contributed by atoms with Crippen LogP contribution < -0.4 is 0 Å². The van der Waals surface area contributed by atoms with Gasteiger partial charge in [-0.15, -0.1) is 0 Å². The van der Waals surface area contributed by atoms with Gasteiger partial charge >= 0.3 is 0 Å². The van der Waals surface area contributed by atoms with Gasteiger partial charge in [0.15, 0.2) is 5.82 Å². The summed E-state index contributed by atoms with van der Waals surface area (Å²) in [6.07, 6.45) is 0. The van der Waals surface area contributed by atoms with E-state index >= 15 is 0 Å². The molecule has 1 aliphatic carbocycles. The molecular formula is C53H36N2S2. The molecule has 0 spiro atoms. The van der Waals surface area contributed by atoms with Crippen LogP contribution in [0.25, 0.3) is 66.9 Å². The second-order valence-electron chi connectivity index (χ2n) is 15.0. The largest absolute Gasteiger partial charge is 0.228 e. The Morgan fingerprint density at radius 2 is 1.02 bits per heavy atom. The van der Waals surface area contributed by atoms with Crippen LogP contribution in [0.5, 0.6) is 0 Å². The molecule has 0 saturated heterocycles. The van der Waals surface area contributed by atoms with Crippen molar-refractivity contribution in [1.82, 2.24) is 9.97 Å². The Labute approximate surface area is 341 Å². The first-order valence-electron chi connectivity index (χ1n) is 19.5. The first-order chi connectivity index (χ1) is 28.1. The standard InChI is InChI=1S/C53H36N2S2/c1-33-50(43-25-11-10-24-42(43)44-26-27-47-52(51(33)44)57-49-31-39-19-9-8-18-38(39)30-48(49)56-47)41-23-13-21-37(29-41)36-20-12-22-40(28-36)46-32-45(34-14-4-2-5-15-34)54-53(55-46)35-16-6-3-7-17-35/h2-33,50H,1H3.